The second kappa shape index (κ2) is 8.56. The molecule has 0 N–H and O–H groups in total. The topological polar surface area (TPSA) is 38.8 Å². The summed E-state index contributed by atoms with van der Waals surface area (Å²) in [6.45, 7) is 6.78. The SMILES string of the molecule is CC(C)(C)[Si](O[C@H]1[C@H](c2ccccc2)O[C@@H]2CCC(=O)N21)(c1ccccc1)c1ccccc1. The molecule has 1 amide bonds. The molecule has 3 atom stereocenters. The number of hydrogen-bond donors (Lipinski definition) is 0. The molecule has 0 saturated carbocycles. The highest BCUT2D eigenvalue weighted by Crippen LogP contribution is 2.45. The Morgan fingerprint density at radius 1 is 0.848 bits per heavy atom. The lowest BCUT2D eigenvalue weighted by Crippen LogP contribution is -2.69. The minimum absolute atomic E-state index is 0.112. The van der Waals surface area contributed by atoms with E-state index in [2.05, 4.69) is 81.4 Å². The van der Waals surface area contributed by atoms with Crippen molar-refractivity contribution in [2.45, 2.75) is 57.2 Å². The molecule has 0 aromatic heterocycles. The predicted molar refractivity (Wildman–Crippen MR) is 133 cm³/mol. The molecule has 5 rings (SSSR count). The monoisotopic (exact) mass is 457 g/mol. The summed E-state index contributed by atoms with van der Waals surface area (Å²) >= 11 is 0. The number of carbonyl (C=O) groups excluding carboxylic acids is 1. The molecular weight excluding hydrogens is 426 g/mol. The van der Waals surface area contributed by atoms with Gasteiger partial charge in [-0.15, -0.1) is 0 Å². The maximum atomic E-state index is 13.0. The van der Waals surface area contributed by atoms with E-state index in [4.69, 9.17) is 9.16 Å². The van der Waals surface area contributed by atoms with Crippen LogP contribution < -0.4 is 10.4 Å². The average molecular weight is 458 g/mol. The van der Waals surface area contributed by atoms with Gasteiger partial charge in [0.1, 0.15) is 12.3 Å². The number of carbonyl (C=O) groups is 1. The standard InChI is InChI=1S/C28H31NO3Si/c1-28(2,3)33(22-15-9-5-10-16-22,23-17-11-6-12-18-23)32-27-26(21-13-7-4-8-14-21)31-25-20-19-24(30)29(25)27/h4-18,25-27H,19-20H2,1-3H3/t25-,26+,27+/m1/s1. The molecular formula is C28H31NO3Si. The van der Waals surface area contributed by atoms with Gasteiger partial charge in [0.05, 0.1) is 0 Å². The van der Waals surface area contributed by atoms with Gasteiger partial charge in [0.15, 0.2) is 6.23 Å². The third kappa shape index (κ3) is 3.74. The van der Waals surface area contributed by atoms with Crippen LogP contribution in [0.1, 0.15) is 45.3 Å². The third-order valence-electron chi connectivity index (χ3n) is 6.88. The second-order valence-electron chi connectivity index (χ2n) is 9.93. The number of fused-ring (bicyclic) bond motifs is 1. The van der Waals surface area contributed by atoms with Crippen molar-refractivity contribution in [1.82, 2.24) is 4.90 Å². The van der Waals surface area contributed by atoms with Crippen LogP contribution in [0.15, 0.2) is 91.0 Å². The smallest absolute Gasteiger partial charge is 0.263 e. The van der Waals surface area contributed by atoms with Gasteiger partial charge in [-0.3, -0.25) is 9.69 Å². The molecule has 3 aromatic carbocycles. The van der Waals surface area contributed by atoms with E-state index in [1.54, 1.807) is 0 Å². The Balaban J connectivity index is 1.69. The number of benzene rings is 3. The summed E-state index contributed by atoms with van der Waals surface area (Å²) in [4.78, 5) is 14.9. The van der Waals surface area contributed by atoms with E-state index < -0.39 is 14.5 Å². The van der Waals surface area contributed by atoms with Gasteiger partial charge in [0.25, 0.3) is 8.32 Å². The van der Waals surface area contributed by atoms with E-state index in [0.29, 0.717) is 12.8 Å². The molecule has 0 bridgehead atoms. The minimum atomic E-state index is -2.85. The molecule has 0 radical (unpaired) electrons. The Labute approximate surface area is 197 Å². The zero-order chi connectivity index (χ0) is 23.1. The summed E-state index contributed by atoms with van der Waals surface area (Å²) in [5.41, 5.74) is 1.04. The van der Waals surface area contributed by atoms with Gasteiger partial charge >= 0.3 is 0 Å². The number of rotatable bonds is 5. The van der Waals surface area contributed by atoms with Crippen molar-refractivity contribution in [1.29, 1.82) is 0 Å². The summed E-state index contributed by atoms with van der Waals surface area (Å²) in [5.74, 6) is 0.112. The van der Waals surface area contributed by atoms with Crippen molar-refractivity contribution in [3.05, 3.63) is 96.6 Å². The molecule has 2 aliphatic heterocycles. The van der Waals surface area contributed by atoms with Crippen molar-refractivity contribution < 1.29 is 14.0 Å². The van der Waals surface area contributed by atoms with E-state index in [9.17, 15) is 4.79 Å². The van der Waals surface area contributed by atoms with Crippen molar-refractivity contribution in [2.24, 2.45) is 0 Å². The van der Waals surface area contributed by atoms with Crippen LogP contribution >= 0.6 is 0 Å². The predicted octanol–water partition coefficient (Wildman–Crippen LogP) is 4.61. The van der Waals surface area contributed by atoms with Crippen molar-refractivity contribution in [3.63, 3.8) is 0 Å². The van der Waals surface area contributed by atoms with Crippen molar-refractivity contribution >= 4 is 24.6 Å². The molecule has 33 heavy (non-hydrogen) atoms. The van der Waals surface area contributed by atoms with E-state index in [-0.39, 0.29) is 23.3 Å². The third-order valence-corrected chi connectivity index (χ3v) is 11.9. The van der Waals surface area contributed by atoms with E-state index in [1.807, 2.05) is 35.2 Å². The average Bonchev–Trinajstić information content (AvgIpc) is 3.38. The fourth-order valence-corrected chi connectivity index (χ4v) is 9.99. The largest absolute Gasteiger partial charge is 0.385 e. The van der Waals surface area contributed by atoms with Gasteiger partial charge in [0, 0.05) is 12.8 Å². The Hall–Kier alpha value is -2.73. The number of nitrogens with zero attached hydrogens (tertiary/aromatic N) is 1. The highest BCUT2D eigenvalue weighted by atomic mass is 28.4. The summed E-state index contributed by atoms with van der Waals surface area (Å²) in [5, 5.41) is 2.22. The number of ether oxygens (including phenoxy) is 1. The van der Waals surface area contributed by atoms with Gasteiger partial charge in [-0.1, -0.05) is 112 Å². The van der Waals surface area contributed by atoms with Crippen LogP contribution in [0.4, 0.5) is 0 Å². The van der Waals surface area contributed by atoms with Crippen LogP contribution in [0, 0.1) is 0 Å². The zero-order valence-corrected chi connectivity index (χ0v) is 20.5. The van der Waals surface area contributed by atoms with Crippen LogP contribution in [-0.4, -0.2) is 31.6 Å². The molecule has 0 unspecified atom stereocenters. The molecule has 5 heteroatoms. The van der Waals surface area contributed by atoms with Crippen molar-refractivity contribution in [2.75, 3.05) is 0 Å². The van der Waals surface area contributed by atoms with Crippen molar-refractivity contribution in [3.8, 4) is 0 Å². The van der Waals surface area contributed by atoms with E-state index in [1.165, 1.54) is 10.4 Å². The molecule has 2 fully saturated rings. The first-order valence-corrected chi connectivity index (χ1v) is 13.6. The molecule has 2 saturated heterocycles. The highest BCUT2D eigenvalue weighted by molar-refractivity contribution is 6.99. The molecule has 2 aliphatic rings. The summed E-state index contributed by atoms with van der Waals surface area (Å²) in [7, 11) is -2.85. The zero-order valence-electron chi connectivity index (χ0n) is 19.5. The van der Waals surface area contributed by atoms with Gasteiger partial charge in [-0.05, 0) is 21.0 Å². The maximum absolute atomic E-state index is 13.0. The Kier molecular flexibility index (Phi) is 5.73. The quantitative estimate of drug-likeness (QED) is 0.525. The molecule has 0 aliphatic carbocycles. The van der Waals surface area contributed by atoms with Crippen LogP contribution in [0.2, 0.25) is 5.04 Å². The van der Waals surface area contributed by atoms with Gasteiger partial charge in [-0.2, -0.15) is 0 Å². The van der Waals surface area contributed by atoms with Gasteiger partial charge < -0.3 is 9.16 Å². The van der Waals surface area contributed by atoms with Gasteiger partial charge in [0.2, 0.25) is 5.91 Å². The van der Waals surface area contributed by atoms with E-state index in [0.717, 1.165) is 5.56 Å². The number of amides is 1. The lowest BCUT2D eigenvalue weighted by molar-refractivity contribution is -0.135. The lowest BCUT2D eigenvalue weighted by atomic mass is 10.1. The molecule has 0 spiro atoms. The van der Waals surface area contributed by atoms with Crippen LogP contribution in [0.25, 0.3) is 0 Å². The minimum Gasteiger partial charge on any atom is -0.385 e. The molecule has 4 nitrogen and oxygen atoms in total. The van der Waals surface area contributed by atoms with Crippen LogP contribution in [-0.2, 0) is 14.0 Å². The maximum Gasteiger partial charge on any atom is 0.263 e. The summed E-state index contributed by atoms with van der Waals surface area (Å²) in [6, 6.07) is 31.3. The fraction of sp³-hybridized carbons (Fsp3) is 0.321. The van der Waals surface area contributed by atoms with Crippen LogP contribution in [0.3, 0.4) is 0 Å². The Morgan fingerprint density at radius 2 is 1.36 bits per heavy atom. The first kappa shape index (κ1) is 22.1. The summed E-state index contributed by atoms with van der Waals surface area (Å²) < 4.78 is 13.9. The first-order chi connectivity index (χ1) is 15.9. The lowest BCUT2D eigenvalue weighted by Gasteiger charge is -2.46. The number of hydrogen-bond acceptors (Lipinski definition) is 3. The summed E-state index contributed by atoms with van der Waals surface area (Å²) in [6.07, 6.45) is 0.196. The Bertz CT molecular complexity index is 1060. The van der Waals surface area contributed by atoms with Gasteiger partial charge in [-0.25, -0.2) is 0 Å². The molecule has 3 aromatic rings. The second-order valence-corrected chi connectivity index (χ2v) is 14.2. The molecule has 170 valence electrons. The highest BCUT2D eigenvalue weighted by Gasteiger charge is 2.57. The van der Waals surface area contributed by atoms with E-state index >= 15 is 0 Å². The fourth-order valence-electron chi connectivity index (χ4n) is 5.37. The first-order valence-electron chi connectivity index (χ1n) is 11.7. The molecule has 2 heterocycles. The normalized spacial score (nSPS) is 23.1. The Morgan fingerprint density at radius 3 is 1.88 bits per heavy atom. The van der Waals surface area contributed by atoms with Crippen LogP contribution in [0.5, 0.6) is 0 Å².